The van der Waals surface area contributed by atoms with Crippen LogP contribution in [0.4, 0.5) is 0 Å². The van der Waals surface area contributed by atoms with Crippen molar-refractivity contribution in [1.29, 1.82) is 0 Å². The topological polar surface area (TPSA) is 66.8 Å². The summed E-state index contributed by atoms with van der Waals surface area (Å²) < 4.78 is 4.85. The average molecular weight is 176 g/mol. The van der Waals surface area contributed by atoms with Gasteiger partial charge < -0.3 is 14.9 Å². The molecule has 0 aromatic rings. The van der Waals surface area contributed by atoms with Gasteiger partial charge in [-0.2, -0.15) is 0 Å². The standard InChI is InChI=1S/C6H10O4.C2H6/c7-4-1-2-10-5(3-4)6(8)9;1-2/h4-5,7H,1-3H2,(H,8,9);1-2H3. The Labute approximate surface area is 72.2 Å². The minimum absolute atomic E-state index is 0.218. The van der Waals surface area contributed by atoms with Crippen LogP contribution in [0.3, 0.4) is 0 Å². The molecule has 12 heavy (non-hydrogen) atoms. The summed E-state index contributed by atoms with van der Waals surface area (Å²) in [4.78, 5) is 10.3. The molecule has 0 aliphatic carbocycles. The molecule has 1 fully saturated rings. The normalized spacial score (nSPS) is 28.6. The summed E-state index contributed by atoms with van der Waals surface area (Å²) in [5.41, 5.74) is 0. The van der Waals surface area contributed by atoms with E-state index in [0.29, 0.717) is 13.0 Å². The van der Waals surface area contributed by atoms with Gasteiger partial charge in [0.2, 0.25) is 0 Å². The molecule has 0 bridgehead atoms. The third kappa shape index (κ3) is 3.69. The summed E-state index contributed by atoms with van der Waals surface area (Å²) in [6, 6.07) is 0. The molecule has 4 nitrogen and oxygen atoms in total. The molecular formula is C8H16O4. The quantitative estimate of drug-likeness (QED) is 0.615. The lowest BCUT2D eigenvalue weighted by Crippen LogP contribution is -2.34. The van der Waals surface area contributed by atoms with Crippen LogP contribution in [0, 0.1) is 0 Å². The van der Waals surface area contributed by atoms with Crippen molar-refractivity contribution in [2.45, 2.75) is 38.9 Å². The molecule has 0 aromatic carbocycles. The first-order chi connectivity index (χ1) is 5.70. The van der Waals surface area contributed by atoms with Crippen molar-refractivity contribution in [3.05, 3.63) is 0 Å². The second kappa shape index (κ2) is 5.97. The molecule has 1 aliphatic heterocycles. The molecule has 2 unspecified atom stereocenters. The SMILES string of the molecule is CC.O=C(O)C1CC(O)CCO1. The van der Waals surface area contributed by atoms with E-state index in [0.717, 1.165) is 0 Å². The zero-order valence-electron chi connectivity index (χ0n) is 7.49. The Morgan fingerprint density at radius 2 is 2.08 bits per heavy atom. The van der Waals surface area contributed by atoms with E-state index in [1.807, 2.05) is 13.8 Å². The van der Waals surface area contributed by atoms with Gasteiger partial charge in [-0.3, -0.25) is 0 Å². The van der Waals surface area contributed by atoms with Crippen LogP contribution >= 0.6 is 0 Å². The Morgan fingerprint density at radius 3 is 2.42 bits per heavy atom. The maximum Gasteiger partial charge on any atom is 0.332 e. The lowest BCUT2D eigenvalue weighted by atomic mass is 10.1. The largest absolute Gasteiger partial charge is 0.479 e. The summed E-state index contributed by atoms with van der Waals surface area (Å²) in [6.07, 6.45) is -0.544. The van der Waals surface area contributed by atoms with Crippen LogP contribution in [0.2, 0.25) is 0 Å². The van der Waals surface area contributed by atoms with Gasteiger partial charge >= 0.3 is 5.97 Å². The molecule has 0 aromatic heterocycles. The molecule has 2 atom stereocenters. The first kappa shape index (κ1) is 11.4. The summed E-state index contributed by atoms with van der Waals surface area (Å²) >= 11 is 0. The number of hydrogen-bond donors (Lipinski definition) is 2. The third-order valence-electron chi connectivity index (χ3n) is 1.53. The minimum Gasteiger partial charge on any atom is -0.479 e. The summed E-state index contributed by atoms with van der Waals surface area (Å²) in [6.45, 7) is 4.35. The van der Waals surface area contributed by atoms with Gasteiger partial charge in [0.15, 0.2) is 6.10 Å². The number of hydrogen-bond acceptors (Lipinski definition) is 3. The van der Waals surface area contributed by atoms with E-state index in [1.165, 1.54) is 0 Å². The van der Waals surface area contributed by atoms with Gasteiger partial charge in [0.25, 0.3) is 0 Å². The van der Waals surface area contributed by atoms with Crippen molar-refractivity contribution in [3.8, 4) is 0 Å². The highest BCUT2D eigenvalue weighted by Gasteiger charge is 2.26. The van der Waals surface area contributed by atoms with E-state index >= 15 is 0 Å². The highest BCUT2D eigenvalue weighted by atomic mass is 16.5. The molecule has 0 saturated carbocycles. The van der Waals surface area contributed by atoms with Gasteiger partial charge in [-0.25, -0.2) is 4.79 Å². The van der Waals surface area contributed by atoms with Gasteiger partial charge in [0.05, 0.1) is 12.7 Å². The Bertz CT molecular complexity index is 135. The van der Waals surface area contributed by atoms with E-state index < -0.39 is 18.2 Å². The highest BCUT2D eigenvalue weighted by molar-refractivity contribution is 5.72. The number of aliphatic carboxylic acids is 1. The second-order valence-electron chi connectivity index (χ2n) is 2.38. The number of aliphatic hydroxyl groups excluding tert-OH is 1. The number of rotatable bonds is 1. The zero-order valence-corrected chi connectivity index (χ0v) is 7.49. The van der Waals surface area contributed by atoms with Crippen LogP contribution in [-0.2, 0) is 9.53 Å². The molecule has 1 aliphatic rings. The maximum atomic E-state index is 10.3. The third-order valence-corrected chi connectivity index (χ3v) is 1.53. The predicted molar refractivity (Wildman–Crippen MR) is 44.0 cm³/mol. The van der Waals surface area contributed by atoms with E-state index in [9.17, 15) is 4.79 Å². The molecule has 1 heterocycles. The lowest BCUT2D eigenvalue weighted by molar-refractivity contribution is -0.157. The van der Waals surface area contributed by atoms with E-state index in [2.05, 4.69) is 0 Å². The van der Waals surface area contributed by atoms with Gasteiger partial charge in [-0.15, -0.1) is 0 Å². The molecular weight excluding hydrogens is 160 g/mol. The van der Waals surface area contributed by atoms with Crippen LogP contribution in [0.1, 0.15) is 26.7 Å². The van der Waals surface area contributed by atoms with Crippen LogP contribution < -0.4 is 0 Å². The van der Waals surface area contributed by atoms with Crippen molar-refractivity contribution in [1.82, 2.24) is 0 Å². The zero-order chi connectivity index (χ0) is 9.56. The molecule has 0 radical (unpaired) electrons. The number of carboxylic acid groups (broad SMARTS) is 1. The lowest BCUT2D eigenvalue weighted by Gasteiger charge is -2.22. The highest BCUT2D eigenvalue weighted by Crippen LogP contribution is 2.13. The Morgan fingerprint density at radius 1 is 1.50 bits per heavy atom. The van der Waals surface area contributed by atoms with Gasteiger partial charge in [-0.05, 0) is 6.42 Å². The van der Waals surface area contributed by atoms with Crippen molar-refractivity contribution in [2.75, 3.05) is 6.61 Å². The first-order valence-corrected chi connectivity index (χ1v) is 4.22. The second-order valence-corrected chi connectivity index (χ2v) is 2.38. The molecule has 1 saturated heterocycles. The summed E-state index contributed by atoms with van der Waals surface area (Å²) in [5, 5.41) is 17.4. The average Bonchev–Trinajstić information content (AvgIpc) is 2.08. The number of ether oxygens (including phenoxy) is 1. The van der Waals surface area contributed by atoms with Gasteiger partial charge in [0, 0.05) is 6.42 Å². The maximum absolute atomic E-state index is 10.3. The van der Waals surface area contributed by atoms with Crippen molar-refractivity contribution >= 4 is 5.97 Å². The Hall–Kier alpha value is -0.610. The van der Waals surface area contributed by atoms with Crippen LogP contribution in [-0.4, -0.2) is 35.0 Å². The van der Waals surface area contributed by atoms with Gasteiger partial charge in [0.1, 0.15) is 0 Å². The fourth-order valence-corrected chi connectivity index (χ4v) is 0.951. The summed E-state index contributed by atoms with van der Waals surface area (Å²) in [5.74, 6) is -0.987. The van der Waals surface area contributed by atoms with Crippen molar-refractivity contribution < 1.29 is 19.7 Å². The fraction of sp³-hybridized carbons (Fsp3) is 0.875. The number of carbonyl (C=O) groups is 1. The van der Waals surface area contributed by atoms with E-state index in [-0.39, 0.29) is 6.42 Å². The van der Waals surface area contributed by atoms with E-state index in [1.54, 1.807) is 0 Å². The van der Waals surface area contributed by atoms with Crippen molar-refractivity contribution in [3.63, 3.8) is 0 Å². The Balaban J connectivity index is 0.000000561. The molecule has 0 amide bonds. The molecule has 2 N–H and O–H groups in total. The van der Waals surface area contributed by atoms with Crippen LogP contribution in [0.5, 0.6) is 0 Å². The van der Waals surface area contributed by atoms with Crippen LogP contribution in [0.25, 0.3) is 0 Å². The predicted octanol–water partition coefficient (Wildman–Crippen LogP) is 0.637. The minimum atomic E-state index is -0.987. The molecule has 0 spiro atoms. The van der Waals surface area contributed by atoms with Crippen molar-refractivity contribution in [2.24, 2.45) is 0 Å². The Kier molecular flexibility index (Phi) is 5.66. The van der Waals surface area contributed by atoms with E-state index in [4.69, 9.17) is 14.9 Å². The van der Waals surface area contributed by atoms with Gasteiger partial charge in [-0.1, -0.05) is 13.8 Å². The fourth-order valence-electron chi connectivity index (χ4n) is 0.951. The number of carboxylic acids is 1. The number of aliphatic hydroxyl groups is 1. The smallest absolute Gasteiger partial charge is 0.332 e. The molecule has 72 valence electrons. The monoisotopic (exact) mass is 176 g/mol. The molecule has 1 rings (SSSR count). The molecule has 4 heteroatoms. The van der Waals surface area contributed by atoms with Crippen LogP contribution in [0.15, 0.2) is 0 Å². The first-order valence-electron chi connectivity index (χ1n) is 4.22. The summed E-state index contributed by atoms with van der Waals surface area (Å²) in [7, 11) is 0.